The molecule has 1 unspecified atom stereocenters. The van der Waals surface area contributed by atoms with E-state index in [-0.39, 0.29) is 0 Å². The van der Waals surface area contributed by atoms with Gasteiger partial charge < -0.3 is 14.2 Å². The van der Waals surface area contributed by atoms with Crippen LogP contribution in [0.3, 0.4) is 0 Å². The van der Waals surface area contributed by atoms with E-state index in [1.807, 2.05) is 0 Å². The summed E-state index contributed by atoms with van der Waals surface area (Å²) in [6, 6.07) is 0. The molecule has 1 saturated heterocycles. The molecule has 1 fully saturated rings. The number of ether oxygens (including phenoxy) is 3. The lowest BCUT2D eigenvalue weighted by Crippen LogP contribution is -2.45. The summed E-state index contributed by atoms with van der Waals surface area (Å²) in [6.45, 7) is 14.6. The fraction of sp³-hybridized carbons (Fsp3) is 1.00. The third kappa shape index (κ3) is 8.83. The first-order valence-corrected chi connectivity index (χ1v) is 11.9. The molecule has 0 spiro atoms. The second kappa shape index (κ2) is 14.0. The van der Waals surface area contributed by atoms with Gasteiger partial charge in [0.25, 0.3) is 0 Å². The van der Waals surface area contributed by atoms with Crippen molar-refractivity contribution < 1.29 is 14.2 Å². The Hall–Kier alpha value is -0.120. The quantitative estimate of drug-likeness (QED) is 0.186. The molecule has 3 heteroatoms. The minimum atomic E-state index is -0.436. The van der Waals surface area contributed by atoms with Crippen LogP contribution in [-0.4, -0.2) is 32.2 Å². The standard InChI is InChI=1S/C24H48O3/c1-6-10-11-12-13-14-15-22(16-17-24(9-4)20-25-21-24)23(5,26-18-7-2)27-19-8-3/h22H,6-21H2,1-5H3. The average molecular weight is 385 g/mol. The van der Waals surface area contributed by atoms with E-state index in [2.05, 4.69) is 34.6 Å². The van der Waals surface area contributed by atoms with Gasteiger partial charge >= 0.3 is 0 Å². The summed E-state index contributed by atoms with van der Waals surface area (Å²) in [5.74, 6) is 0.0421. The van der Waals surface area contributed by atoms with Gasteiger partial charge in [-0.2, -0.15) is 0 Å². The maximum absolute atomic E-state index is 6.34. The zero-order chi connectivity index (χ0) is 20.0. The van der Waals surface area contributed by atoms with Crippen molar-refractivity contribution in [1.29, 1.82) is 0 Å². The summed E-state index contributed by atoms with van der Waals surface area (Å²) in [5.41, 5.74) is 0.412. The van der Waals surface area contributed by atoms with Crippen LogP contribution in [-0.2, 0) is 14.2 Å². The Morgan fingerprint density at radius 1 is 0.815 bits per heavy atom. The summed E-state index contributed by atoms with van der Waals surface area (Å²) >= 11 is 0. The molecule has 1 aliphatic heterocycles. The van der Waals surface area contributed by atoms with Crippen LogP contribution in [0.15, 0.2) is 0 Å². The van der Waals surface area contributed by atoms with Crippen LogP contribution in [0.5, 0.6) is 0 Å². The van der Waals surface area contributed by atoms with E-state index in [1.165, 1.54) is 64.2 Å². The first-order valence-electron chi connectivity index (χ1n) is 11.9. The van der Waals surface area contributed by atoms with E-state index < -0.39 is 5.79 Å². The molecule has 0 bridgehead atoms. The summed E-state index contributed by atoms with van der Waals surface area (Å²) < 4.78 is 18.2. The predicted molar refractivity (Wildman–Crippen MR) is 115 cm³/mol. The van der Waals surface area contributed by atoms with Crippen molar-refractivity contribution in [3.8, 4) is 0 Å². The molecular weight excluding hydrogens is 336 g/mol. The Morgan fingerprint density at radius 2 is 1.41 bits per heavy atom. The van der Waals surface area contributed by atoms with Crippen LogP contribution in [0.2, 0.25) is 0 Å². The van der Waals surface area contributed by atoms with Gasteiger partial charge in [-0.1, -0.05) is 66.2 Å². The SMILES string of the molecule is CCCCCCCCC(CCC1(CC)COC1)C(C)(OCCC)OCCC. The van der Waals surface area contributed by atoms with Gasteiger partial charge in [0.05, 0.1) is 13.2 Å². The summed E-state index contributed by atoms with van der Waals surface area (Å²) in [4.78, 5) is 0. The zero-order valence-electron chi connectivity index (χ0n) is 19.1. The van der Waals surface area contributed by atoms with E-state index in [0.717, 1.165) is 39.3 Å². The smallest absolute Gasteiger partial charge is 0.168 e. The number of hydrogen-bond acceptors (Lipinski definition) is 3. The van der Waals surface area contributed by atoms with Crippen LogP contribution < -0.4 is 0 Å². The molecule has 0 aromatic heterocycles. The van der Waals surface area contributed by atoms with Gasteiger partial charge in [-0.25, -0.2) is 0 Å². The zero-order valence-corrected chi connectivity index (χ0v) is 19.1. The highest BCUT2D eigenvalue weighted by atomic mass is 16.7. The molecule has 1 rings (SSSR count). The van der Waals surface area contributed by atoms with Crippen molar-refractivity contribution in [3.63, 3.8) is 0 Å². The molecule has 0 N–H and O–H groups in total. The third-order valence-electron chi connectivity index (χ3n) is 6.42. The Morgan fingerprint density at radius 3 is 1.89 bits per heavy atom. The van der Waals surface area contributed by atoms with Gasteiger partial charge in [-0.15, -0.1) is 0 Å². The second-order valence-electron chi connectivity index (χ2n) is 8.85. The van der Waals surface area contributed by atoms with E-state index >= 15 is 0 Å². The lowest BCUT2D eigenvalue weighted by atomic mass is 9.75. The highest BCUT2D eigenvalue weighted by Gasteiger charge is 2.41. The van der Waals surface area contributed by atoms with Gasteiger partial charge in [0.2, 0.25) is 0 Å². The van der Waals surface area contributed by atoms with Crippen LogP contribution >= 0.6 is 0 Å². The highest BCUT2D eigenvalue weighted by molar-refractivity contribution is 4.87. The van der Waals surface area contributed by atoms with Gasteiger partial charge in [0.1, 0.15) is 0 Å². The normalized spacial score (nSPS) is 17.7. The van der Waals surface area contributed by atoms with Gasteiger partial charge in [0.15, 0.2) is 5.79 Å². The molecule has 162 valence electrons. The van der Waals surface area contributed by atoms with E-state index in [1.54, 1.807) is 0 Å². The molecule has 0 radical (unpaired) electrons. The monoisotopic (exact) mass is 384 g/mol. The fourth-order valence-electron chi connectivity index (χ4n) is 4.12. The Balaban J connectivity index is 2.66. The molecule has 0 saturated carbocycles. The van der Waals surface area contributed by atoms with Crippen molar-refractivity contribution in [1.82, 2.24) is 0 Å². The lowest BCUT2D eigenvalue weighted by Gasteiger charge is -2.44. The topological polar surface area (TPSA) is 27.7 Å². The average Bonchev–Trinajstić information content (AvgIpc) is 2.65. The highest BCUT2D eigenvalue weighted by Crippen LogP contribution is 2.41. The van der Waals surface area contributed by atoms with Gasteiger partial charge in [0, 0.05) is 24.5 Å². The van der Waals surface area contributed by atoms with Crippen molar-refractivity contribution in [2.24, 2.45) is 11.3 Å². The second-order valence-corrected chi connectivity index (χ2v) is 8.85. The summed E-state index contributed by atoms with van der Waals surface area (Å²) in [7, 11) is 0. The van der Waals surface area contributed by atoms with Gasteiger partial charge in [-0.3, -0.25) is 0 Å². The summed E-state index contributed by atoms with van der Waals surface area (Å²) in [5, 5.41) is 0. The van der Waals surface area contributed by atoms with Gasteiger partial charge in [-0.05, 0) is 45.4 Å². The number of hydrogen-bond donors (Lipinski definition) is 0. The van der Waals surface area contributed by atoms with Crippen LogP contribution in [0.1, 0.15) is 112 Å². The Labute approximate surface area is 169 Å². The maximum Gasteiger partial charge on any atom is 0.168 e. The molecule has 0 amide bonds. The Kier molecular flexibility index (Phi) is 12.9. The number of unbranched alkanes of at least 4 members (excludes halogenated alkanes) is 5. The lowest BCUT2D eigenvalue weighted by molar-refractivity contribution is -0.261. The van der Waals surface area contributed by atoms with E-state index in [4.69, 9.17) is 14.2 Å². The fourth-order valence-corrected chi connectivity index (χ4v) is 4.12. The first-order chi connectivity index (χ1) is 13.1. The molecule has 27 heavy (non-hydrogen) atoms. The Bertz CT molecular complexity index is 338. The maximum atomic E-state index is 6.34. The van der Waals surface area contributed by atoms with Crippen molar-refractivity contribution >= 4 is 0 Å². The van der Waals surface area contributed by atoms with Crippen LogP contribution in [0.25, 0.3) is 0 Å². The molecule has 0 aromatic rings. The molecular formula is C24H48O3. The van der Waals surface area contributed by atoms with Crippen molar-refractivity contribution in [2.45, 2.75) is 117 Å². The molecule has 1 atom stereocenters. The largest absolute Gasteiger partial charge is 0.380 e. The van der Waals surface area contributed by atoms with Crippen LogP contribution in [0.4, 0.5) is 0 Å². The predicted octanol–water partition coefficient (Wildman–Crippen LogP) is 7.13. The van der Waals surface area contributed by atoms with Crippen molar-refractivity contribution in [2.75, 3.05) is 26.4 Å². The molecule has 0 aromatic carbocycles. The number of rotatable bonds is 18. The first kappa shape index (κ1) is 24.9. The minimum Gasteiger partial charge on any atom is -0.380 e. The summed E-state index contributed by atoms with van der Waals surface area (Å²) in [6.07, 6.45) is 15.0. The molecule has 3 nitrogen and oxygen atoms in total. The molecule has 0 aliphatic carbocycles. The van der Waals surface area contributed by atoms with Crippen LogP contribution in [0, 0.1) is 11.3 Å². The van der Waals surface area contributed by atoms with E-state index in [9.17, 15) is 0 Å². The van der Waals surface area contributed by atoms with Crippen molar-refractivity contribution in [3.05, 3.63) is 0 Å². The minimum absolute atomic E-state index is 0.412. The third-order valence-corrected chi connectivity index (χ3v) is 6.42. The molecule has 1 heterocycles. The van der Waals surface area contributed by atoms with E-state index in [0.29, 0.717) is 11.3 Å². The molecule has 1 aliphatic rings.